The van der Waals surface area contributed by atoms with Crippen LogP contribution in [0.15, 0.2) is 60.7 Å². The van der Waals surface area contributed by atoms with E-state index in [0.717, 1.165) is 24.9 Å². The van der Waals surface area contributed by atoms with Crippen molar-refractivity contribution in [2.75, 3.05) is 20.1 Å². The average molecular weight is 310 g/mol. The minimum atomic E-state index is 0.00104. The van der Waals surface area contributed by atoms with E-state index in [9.17, 15) is 4.79 Å². The standard InChI is InChI=1S/C20H26N2O/c1-3-14-22(2)16-20(23)21-19(18-12-8-5-9-13-18)15-17-10-6-4-7-11-17/h4-13,19H,3,14-16H2,1-2H3,(H,21,23)/t19-/m1/s1. The fourth-order valence-electron chi connectivity index (χ4n) is 2.73. The van der Waals surface area contributed by atoms with Gasteiger partial charge in [-0.15, -0.1) is 0 Å². The van der Waals surface area contributed by atoms with Crippen LogP contribution in [0.2, 0.25) is 0 Å². The molecule has 1 N–H and O–H groups in total. The summed E-state index contributed by atoms with van der Waals surface area (Å²) in [6.07, 6.45) is 1.85. The van der Waals surface area contributed by atoms with E-state index in [2.05, 4.69) is 41.4 Å². The number of amides is 1. The van der Waals surface area contributed by atoms with E-state index in [0.29, 0.717) is 6.54 Å². The maximum absolute atomic E-state index is 12.3. The molecule has 0 radical (unpaired) electrons. The van der Waals surface area contributed by atoms with Crippen molar-refractivity contribution >= 4 is 5.91 Å². The molecule has 0 saturated heterocycles. The van der Waals surface area contributed by atoms with Crippen molar-refractivity contribution in [3.63, 3.8) is 0 Å². The number of likely N-dealkylation sites (N-methyl/N-ethyl adjacent to an activating group) is 1. The molecule has 0 saturated carbocycles. The molecule has 2 aromatic rings. The van der Waals surface area contributed by atoms with E-state index < -0.39 is 0 Å². The molecule has 3 heteroatoms. The van der Waals surface area contributed by atoms with Crippen LogP contribution in [0.25, 0.3) is 0 Å². The third-order valence-corrected chi connectivity index (χ3v) is 3.84. The second-order valence-corrected chi connectivity index (χ2v) is 5.96. The Hall–Kier alpha value is -2.13. The molecular weight excluding hydrogens is 284 g/mol. The van der Waals surface area contributed by atoms with Gasteiger partial charge in [-0.2, -0.15) is 0 Å². The Morgan fingerprint density at radius 1 is 1.04 bits per heavy atom. The topological polar surface area (TPSA) is 32.3 Å². The van der Waals surface area contributed by atoms with E-state index in [4.69, 9.17) is 0 Å². The van der Waals surface area contributed by atoms with E-state index in [1.54, 1.807) is 0 Å². The summed E-state index contributed by atoms with van der Waals surface area (Å²) in [5, 5.41) is 3.19. The van der Waals surface area contributed by atoms with Crippen LogP contribution in [-0.4, -0.2) is 30.9 Å². The zero-order valence-corrected chi connectivity index (χ0v) is 14.0. The van der Waals surface area contributed by atoms with Gasteiger partial charge in [-0.25, -0.2) is 0 Å². The van der Waals surface area contributed by atoms with Gasteiger partial charge < -0.3 is 5.32 Å². The van der Waals surface area contributed by atoms with Crippen molar-refractivity contribution < 1.29 is 4.79 Å². The first-order valence-electron chi connectivity index (χ1n) is 8.25. The van der Waals surface area contributed by atoms with Crippen molar-refractivity contribution in [1.29, 1.82) is 0 Å². The minimum absolute atomic E-state index is 0.00104. The van der Waals surface area contributed by atoms with Gasteiger partial charge in [0.1, 0.15) is 0 Å². The molecule has 0 unspecified atom stereocenters. The van der Waals surface area contributed by atoms with Crippen molar-refractivity contribution in [2.45, 2.75) is 25.8 Å². The summed E-state index contributed by atoms with van der Waals surface area (Å²) in [7, 11) is 1.98. The second kappa shape index (κ2) is 9.11. The molecule has 1 atom stereocenters. The summed E-state index contributed by atoms with van der Waals surface area (Å²) >= 11 is 0. The maximum atomic E-state index is 12.3. The summed E-state index contributed by atoms with van der Waals surface area (Å²) in [4.78, 5) is 14.4. The Morgan fingerprint density at radius 3 is 2.26 bits per heavy atom. The molecule has 3 nitrogen and oxygen atoms in total. The molecular formula is C20H26N2O. The molecule has 0 fully saturated rings. The smallest absolute Gasteiger partial charge is 0.234 e. The highest BCUT2D eigenvalue weighted by molar-refractivity contribution is 5.78. The Bertz CT molecular complexity index is 583. The van der Waals surface area contributed by atoms with Gasteiger partial charge in [0.25, 0.3) is 0 Å². The quantitative estimate of drug-likeness (QED) is 0.810. The van der Waals surface area contributed by atoms with Crippen LogP contribution >= 0.6 is 0 Å². The number of hydrogen-bond donors (Lipinski definition) is 1. The molecule has 0 spiro atoms. The molecule has 0 aliphatic heterocycles. The predicted octanol–water partition coefficient (Wildman–Crippen LogP) is 3.43. The summed E-state index contributed by atoms with van der Waals surface area (Å²) < 4.78 is 0. The van der Waals surface area contributed by atoms with E-state index in [1.165, 1.54) is 5.56 Å². The summed E-state index contributed by atoms with van der Waals surface area (Å²) in [5.41, 5.74) is 2.37. The normalized spacial score (nSPS) is 12.1. The van der Waals surface area contributed by atoms with Gasteiger partial charge >= 0.3 is 0 Å². The van der Waals surface area contributed by atoms with Crippen LogP contribution in [-0.2, 0) is 11.2 Å². The lowest BCUT2D eigenvalue weighted by atomic mass is 9.99. The van der Waals surface area contributed by atoms with Gasteiger partial charge in [0.15, 0.2) is 0 Å². The molecule has 2 aromatic carbocycles. The third kappa shape index (κ3) is 5.87. The van der Waals surface area contributed by atoms with Crippen molar-refractivity contribution in [1.82, 2.24) is 10.2 Å². The number of benzene rings is 2. The highest BCUT2D eigenvalue weighted by atomic mass is 16.2. The zero-order chi connectivity index (χ0) is 16.5. The van der Waals surface area contributed by atoms with Gasteiger partial charge in [0.05, 0.1) is 12.6 Å². The molecule has 23 heavy (non-hydrogen) atoms. The van der Waals surface area contributed by atoms with Crippen LogP contribution in [0.4, 0.5) is 0 Å². The van der Waals surface area contributed by atoms with Gasteiger partial charge in [-0.3, -0.25) is 9.69 Å². The fourth-order valence-corrected chi connectivity index (χ4v) is 2.73. The number of nitrogens with one attached hydrogen (secondary N) is 1. The number of rotatable bonds is 8. The van der Waals surface area contributed by atoms with Crippen molar-refractivity contribution in [3.8, 4) is 0 Å². The monoisotopic (exact) mass is 310 g/mol. The van der Waals surface area contributed by atoms with Gasteiger partial charge in [-0.1, -0.05) is 67.6 Å². The van der Waals surface area contributed by atoms with Crippen LogP contribution in [0.5, 0.6) is 0 Å². The first-order chi connectivity index (χ1) is 11.2. The highest BCUT2D eigenvalue weighted by Gasteiger charge is 2.16. The molecule has 0 aliphatic carbocycles. The fraction of sp³-hybridized carbons (Fsp3) is 0.350. The predicted molar refractivity (Wildman–Crippen MR) is 95.3 cm³/mol. The Balaban J connectivity index is 2.06. The number of nitrogens with zero attached hydrogens (tertiary/aromatic N) is 1. The average Bonchev–Trinajstić information content (AvgIpc) is 2.56. The lowest BCUT2D eigenvalue weighted by molar-refractivity contribution is -0.122. The molecule has 1 amide bonds. The molecule has 2 rings (SSSR count). The Morgan fingerprint density at radius 2 is 1.65 bits per heavy atom. The Labute approximate surface area is 139 Å². The molecule has 0 aliphatic rings. The highest BCUT2D eigenvalue weighted by Crippen LogP contribution is 2.18. The van der Waals surface area contributed by atoms with Gasteiger partial charge in [0, 0.05) is 0 Å². The van der Waals surface area contributed by atoms with Crippen molar-refractivity contribution in [2.24, 2.45) is 0 Å². The van der Waals surface area contributed by atoms with Crippen molar-refractivity contribution in [3.05, 3.63) is 71.8 Å². The minimum Gasteiger partial charge on any atom is -0.348 e. The summed E-state index contributed by atoms with van der Waals surface area (Å²) in [5.74, 6) is 0.0748. The van der Waals surface area contributed by atoms with Crippen LogP contribution in [0, 0.1) is 0 Å². The summed E-state index contributed by atoms with van der Waals surface area (Å²) in [6.45, 7) is 3.49. The summed E-state index contributed by atoms with van der Waals surface area (Å²) in [6, 6.07) is 20.5. The number of carbonyl (C=O) groups is 1. The molecule has 0 heterocycles. The first-order valence-corrected chi connectivity index (χ1v) is 8.25. The van der Waals surface area contributed by atoms with E-state index in [1.807, 2.05) is 43.4 Å². The first kappa shape index (κ1) is 17.2. The van der Waals surface area contributed by atoms with Gasteiger partial charge in [0.2, 0.25) is 5.91 Å². The van der Waals surface area contributed by atoms with Crippen LogP contribution in [0.3, 0.4) is 0 Å². The molecule has 0 aromatic heterocycles. The number of hydrogen-bond acceptors (Lipinski definition) is 2. The largest absolute Gasteiger partial charge is 0.348 e. The van der Waals surface area contributed by atoms with Crippen LogP contribution < -0.4 is 5.32 Å². The molecule has 122 valence electrons. The third-order valence-electron chi connectivity index (χ3n) is 3.84. The molecule has 0 bridgehead atoms. The van der Waals surface area contributed by atoms with Gasteiger partial charge in [-0.05, 0) is 37.6 Å². The lowest BCUT2D eigenvalue weighted by Crippen LogP contribution is -2.38. The lowest BCUT2D eigenvalue weighted by Gasteiger charge is -2.22. The maximum Gasteiger partial charge on any atom is 0.234 e. The number of carbonyl (C=O) groups excluding carboxylic acids is 1. The van der Waals surface area contributed by atoms with Crippen LogP contribution in [0.1, 0.15) is 30.5 Å². The Kier molecular flexibility index (Phi) is 6.82. The second-order valence-electron chi connectivity index (χ2n) is 5.96. The van der Waals surface area contributed by atoms with E-state index in [-0.39, 0.29) is 11.9 Å². The zero-order valence-electron chi connectivity index (χ0n) is 14.0. The van der Waals surface area contributed by atoms with E-state index >= 15 is 0 Å². The SMILES string of the molecule is CCCN(C)CC(=O)N[C@H](Cc1ccccc1)c1ccccc1.